The molecule has 2 aliphatic rings. The van der Waals surface area contributed by atoms with Crippen LogP contribution in [-0.2, 0) is 16.1 Å². The molecule has 0 bridgehead atoms. The summed E-state index contributed by atoms with van der Waals surface area (Å²) in [4.78, 5) is 54.3. The van der Waals surface area contributed by atoms with E-state index in [1.807, 2.05) is 75.5 Å². The van der Waals surface area contributed by atoms with E-state index in [0.29, 0.717) is 18.5 Å². The molecule has 6 aromatic rings. The van der Waals surface area contributed by atoms with Gasteiger partial charge in [0, 0.05) is 30.2 Å². The van der Waals surface area contributed by atoms with Gasteiger partial charge in [0.25, 0.3) is 0 Å². The van der Waals surface area contributed by atoms with Crippen LogP contribution in [0.2, 0.25) is 0 Å². The number of ether oxygens (including phenoxy) is 2. The maximum Gasteiger partial charge on any atom is 0.410 e. The number of amides is 2. The summed E-state index contributed by atoms with van der Waals surface area (Å²) in [5, 5.41) is 0.605. The van der Waals surface area contributed by atoms with Crippen LogP contribution in [0.1, 0.15) is 75.6 Å². The van der Waals surface area contributed by atoms with Gasteiger partial charge in [-0.15, -0.1) is 0 Å². The van der Waals surface area contributed by atoms with Gasteiger partial charge >= 0.3 is 12.2 Å². The predicted molar refractivity (Wildman–Crippen MR) is 213 cm³/mol. The number of pyridine rings is 1. The van der Waals surface area contributed by atoms with Crippen molar-refractivity contribution < 1.29 is 19.1 Å². The molecule has 0 radical (unpaired) electrons. The Morgan fingerprint density at radius 3 is 2.00 bits per heavy atom. The van der Waals surface area contributed by atoms with E-state index >= 15 is 0 Å². The Kier molecular flexibility index (Phi) is 9.73. The van der Waals surface area contributed by atoms with E-state index in [1.54, 1.807) is 15.9 Å². The van der Waals surface area contributed by atoms with E-state index < -0.39 is 5.60 Å². The average molecular weight is 736 g/mol. The molecular formula is C45H45N5O5. The van der Waals surface area contributed by atoms with Gasteiger partial charge < -0.3 is 19.4 Å². The first-order valence-corrected chi connectivity index (χ1v) is 19.0. The van der Waals surface area contributed by atoms with Crippen LogP contribution in [0.3, 0.4) is 0 Å². The minimum absolute atomic E-state index is 0.0775. The lowest BCUT2D eigenvalue weighted by Gasteiger charge is -2.27. The van der Waals surface area contributed by atoms with Gasteiger partial charge in [-0.25, -0.2) is 14.6 Å². The number of imidazole rings is 1. The molecular weight excluding hydrogens is 691 g/mol. The van der Waals surface area contributed by atoms with Gasteiger partial charge in [-0.1, -0.05) is 84.9 Å². The Hall–Kier alpha value is -6.16. The molecule has 10 heteroatoms. The van der Waals surface area contributed by atoms with Crippen molar-refractivity contribution in [2.24, 2.45) is 0 Å². The van der Waals surface area contributed by atoms with Gasteiger partial charge in [0.1, 0.15) is 18.0 Å². The molecule has 280 valence electrons. The number of rotatable bonds is 7. The van der Waals surface area contributed by atoms with Crippen LogP contribution < -0.4 is 5.43 Å². The number of carbonyl (C=O) groups excluding carboxylic acids is 2. The lowest BCUT2D eigenvalue weighted by atomic mass is 9.98. The Balaban J connectivity index is 0.954. The Bertz CT molecular complexity index is 2380. The quantitative estimate of drug-likeness (QED) is 0.168. The van der Waals surface area contributed by atoms with Crippen molar-refractivity contribution in [3.05, 3.63) is 137 Å². The van der Waals surface area contributed by atoms with E-state index in [9.17, 15) is 14.4 Å². The summed E-state index contributed by atoms with van der Waals surface area (Å²) < 4.78 is 11.3. The fourth-order valence-corrected chi connectivity index (χ4v) is 7.68. The second-order valence-corrected chi connectivity index (χ2v) is 15.4. The molecule has 2 atom stereocenters. The molecule has 0 spiro atoms. The van der Waals surface area contributed by atoms with Gasteiger partial charge in [-0.05, 0) is 92.0 Å². The zero-order chi connectivity index (χ0) is 38.1. The van der Waals surface area contributed by atoms with Crippen molar-refractivity contribution in [3.8, 4) is 33.5 Å². The fourth-order valence-electron chi connectivity index (χ4n) is 7.68. The number of aromatic amines is 2. The summed E-state index contributed by atoms with van der Waals surface area (Å²) in [6.45, 7) is 7.07. The molecule has 1 unspecified atom stereocenters. The summed E-state index contributed by atoms with van der Waals surface area (Å²) in [7, 11) is 0. The number of fused-ring (bicyclic) bond motifs is 1. The highest BCUT2D eigenvalue weighted by atomic mass is 16.6. The van der Waals surface area contributed by atoms with E-state index in [2.05, 4.69) is 63.5 Å². The minimum Gasteiger partial charge on any atom is -0.445 e. The van der Waals surface area contributed by atoms with Gasteiger partial charge in [0.2, 0.25) is 0 Å². The molecule has 2 aromatic heterocycles. The molecule has 0 aliphatic carbocycles. The maximum absolute atomic E-state index is 13.3. The topological polar surface area (TPSA) is 121 Å². The molecule has 2 N–H and O–H groups in total. The first-order valence-electron chi connectivity index (χ1n) is 19.0. The Labute approximate surface area is 320 Å². The van der Waals surface area contributed by atoms with Crippen LogP contribution in [0.15, 0.2) is 114 Å². The lowest BCUT2D eigenvalue weighted by Crippen LogP contribution is -2.36. The molecule has 4 aromatic carbocycles. The summed E-state index contributed by atoms with van der Waals surface area (Å²) in [5.74, 6) is 0.770. The highest BCUT2D eigenvalue weighted by molar-refractivity contribution is 5.85. The van der Waals surface area contributed by atoms with E-state index in [1.165, 1.54) is 0 Å². The number of hydrogen-bond acceptors (Lipinski definition) is 6. The summed E-state index contributed by atoms with van der Waals surface area (Å²) in [5.41, 5.74) is 7.83. The largest absolute Gasteiger partial charge is 0.445 e. The number of benzene rings is 4. The van der Waals surface area contributed by atoms with E-state index in [0.717, 1.165) is 81.8 Å². The number of nitrogens with zero attached hydrogens (tertiary/aromatic N) is 3. The fraction of sp³-hybridized carbons (Fsp3) is 0.289. The Morgan fingerprint density at radius 1 is 0.727 bits per heavy atom. The van der Waals surface area contributed by atoms with Gasteiger partial charge in [-0.2, -0.15) is 0 Å². The summed E-state index contributed by atoms with van der Waals surface area (Å²) >= 11 is 0. The third-order valence-electron chi connectivity index (χ3n) is 10.4. The molecule has 2 amide bonds. The van der Waals surface area contributed by atoms with Crippen LogP contribution >= 0.6 is 0 Å². The van der Waals surface area contributed by atoms with Crippen molar-refractivity contribution in [2.45, 2.75) is 70.7 Å². The van der Waals surface area contributed by atoms with Crippen LogP contribution in [-0.4, -0.2) is 55.6 Å². The molecule has 2 fully saturated rings. The van der Waals surface area contributed by atoms with Crippen molar-refractivity contribution >= 4 is 23.1 Å². The second-order valence-electron chi connectivity index (χ2n) is 15.4. The molecule has 8 rings (SSSR count). The van der Waals surface area contributed by atoms with Crippen molar-refractivity contribution in [2.75, 3.05) is 13.1 Å². The van der Waals surface area contributed by atoms with Gasteiger partial charge in [-0.3, -0.25) is 14.6 Å². The van der Waals surface area contributed by atoms with Crippen molar-refractivity contribution in [1.82, 2.24) is 24.8 Å². The third kappa shape index (κ3) is 7.76. The lowest BCUT2D eigenvalue weighted by molar-refractivity contribution is 0.0218. The minimum atomic E-state index is -0.550. The van der Waals surface area contributed by atoms with Gasteiger partial charge in [0.15, 0.2) is 5.43 Å². The monoisotopic (exact) mass is 735 g/mol. The smallest absolute Gasteiger partial charge is 0.410 e. The highest BCUT2D eigenvalue weighted by Gasteiger charge is 2.35. The van der Waals surface area contributed by atoms with E-state index in [-0.39, 0.29) is 36.3 Å². The summed E-state index contributed by atoms with van der Waals surface area (Å²) in [6.07, 6.45) is 4.48. The number of aromatic nitrogens is 3. The predicted octanol–water partition coefficient (Wildman–Crippen LogP) is 9.80. The third-order valence-corrected chi connectivity index (χ3v) is 10.4. The first-order chi connectivity index (χ1) is 26.6. The summed E-state index contributed by atoms with van der Waals surface area (Å²) in [6, 6.07) is 33.4. The van der Waals surface area contributed by atoms with Crippen molar-refractivity contribution in [3.63, 3.8) is 0 Å². The highest BCUT2D eigenvalue weighted by Crippen LogP contribution is 2.35. The number of carbonyl (C=O) groups is 2. The molecule has 10 nitrogen and oxygen atoms in total. The number of likely N-dealkylation sites (tertiary alicyclic amines) is 2. The number of H-pyrrole nitrogens is 2. The number of nitrogens with one attached hydrogen (secondary N) is 2. The van der Waals surface area contributed by atoms with Crippen LogP contribution in [0.5, 0.6) is 0 Å². The average Bonchev–Trinajstić information content (AvgIpc) is 3.99. The SMILES string of the molecule is CC(C)(C)OC(=O)N1CCC[C@H]1c1ncc(-c2ccc(-c3ccc(-c4ccc5c(=O)cc(C6CCCN6C(=O)OCc6ccccc6)[nH]c5c4)cc3)cc2)[nH]1. The van der Waals surface area contributed by atoms with Crippen LogP contribution in [0, 0.1) is 0 Å². The number of hydrogen-bond donors (Lipinski definition) is 2. The standard InChI is InChI=1S/C45H45N5O5/c1-45(2,3)55-44(53)50-24-8-12-40(50)42-46-27-38(48-42)33-19-17-31(18-20-33)30-13-15-32(16-14-30)34-21-22-35-36(25-34)47-37(26-41(35)51)39-11-7-23-49(39)43(52)54-28-29-9-5-4-6-10-29/h4-6,9-10,13-22,25-27,39-40H,7-8,11-12,23-24,28H2,1-3H3,(H,46,48)(H,47,51)/t39?,40-/m0/s1. The first kappa shape index (κ1) is 35.8. The second kappa shape index (κ2) is 14.9. The normalized spacial score (nSPS) is 17.1. The van der Waals surface area contributed by atoms with E-state index in [4.69, 9.17) is 9.47 Å². The van der Waals surface area contributed by atoms with Crippen molar-refractivity contribution in [1.29, 1.82) is 0 Å². The molecule has 2 saturated heterocycles. The van der Waals surface area contributed by atoms with Crippen LogP contribution in [0.4, 0.5) is 9.59 Å². The van der Waals surface area contributed by atoms with Gasteiger partial charge in [0.05, 0.1) is 29.5 Å². The Morgan fingerprint density at radius 2 is 1.33 bits per heavy atom. The molecule has 4 heterocycles. The molecule has 55 heavy (non-hydrogen) atoms. The zero-order valence-electron chi connectivity index (χ0n) is 31.4. The molecule has 2 aliphatic heterocycles. The zero-order valence-corrected chi connectivity index (χ0v) is 31.4. The molecule has 0 saturated carbocycles. The maximum atomic E-state index is 13.3. The van der Waals surface area contributed by atoms with Crippen LogP contribution in [0.25, 0.3) is 44.4 Å².